The molecule has 19 heavy (non-hydrogen) atoms. The van der Waals surface area contributed by atoms with Gasteiger partial charge in [-0.25, -0.2) is 4.79 Å². The lowest BCUT2D eigenvalue weighted by Crippen LogP contribution is -2.45. The topological polar surface area (TPSA) is 78.4 Å². The average Bonchev–Trinajstić information content (AvgIpc) is 2.62. The van der Waals surface area contributed by atoms with Crippen molar-refractivity contribution in [3.63, 3.8) is 0 Å². The van der Waals surface area contributed by atoms with Crippen LogP contribution in [0.5, 0.6) is 0 Å². The number of nitrogens with one attached hydrogen (secondary N) is 2. The summed E-state index contributed by atoms with van der Waals surface area (Å²) < 4.78 is 36.2. The molecule has 0 saturated carbocycles. The Kier molecular flexibility index (Phi) is 4.79. The average molecular weight is 280 g/mol. The zero-order chi connectivity index (χ0) is 14.6. The molecule has 1 aliphatic rings. The highest BCUT2D eigenvalue weighted by Gasteiger charge is 2.31. The Morgan fingerprint density at radius 3 is 2.53 bits per heavy atom. The molecule has 1 rings (SSSR count). The molecule has 1 aliphatic carbocycles. The highest BCUT2D eigenvalue weighted by molar-refractivity contribution is 5.76. The molecule has 0 spiro atoms. The fourth-order valence-electron chi connectivity index (χ4n) is 1.82. The van der Waals surface area contributed by atoms with Gasteiger partial charge in [-0.1, -0.05) is 12.2 Å². The van der Waals surface area contributed by atoms with Gasteiger partial charge in [0.15, 0.2) is 0 Å². The van der Waals surface area contributed by atoms with Crippen LogP contribution in [0, 0.1) is 5.92 Å². The minimum absolute atomic E-state index is 0.205. The highest BCUT2D eigenvalue weighted by atomic mass is 19.4. The Hall–Kier alpha value is -1.73. The lowest BCUT2D eigenvalue weighted by atomic mass is 10.1. The Balaban J connectivity index is 2.33. The smallest absolute Gasteiger partial charge is 0.391 e. The summed E-state index contributed by atoms with van der Waals surface area (Å²) in [6.45, 7) is 1.25. The van der Waals surface area contributed by atoms with Crippen LogP contribution < -0.4 is 10.6 Å². The largest absolute Gasteiger partial charge is 0.481 e. The van der Waals surface area contributed by atoms with Gasteiger partial charge in [-0.15, -0.1) is 0 Å². The second kappa shape index (κ2) is 5.94. The molecule has 8 heteroatoms. The lowest BCUT2D eigenvalue weighted by Gasteiger charge is -2.18. The summed E-state index contributed by atoms with van der Waals surface area (Å²) in [4.78, 5) is 22.1. The van der Waals surface area contributed by atoms with E-state index in [1.807, 2.05) is 0 Å². The summed E-state index contributed by atoms with van der Waals surface area (Å²) in [5.41, 5.74) is 0. The number of aliphatic carboxylic acids is 1. The molecule has 5 nitrogen and oxygen atoms in total. The molecule has 3 atom stereocenters. The van der Waals surface area contributed by atoms with E-state index in [0.717, 1.165) is 0 Å². The second-order valence-corrected chi connectivity index (χ2v) is 4.51. The third-order valence-corrected chi connectivity index (χ3v) is 2.63. The maximum atomic E-state index is 12.1. The van der Waals surface area contributed by atoms with Crippen LogP contribution >= 0.6 is 0 Å². The van der Waals surface area contributed by atoms with Crippen molar-refractivity contribution in [3.05, 3.63) is 12.2 Å². The third kappa shape index (κ3) is 5.62. The molecule has 108 valence electrons. The summed E-state index contributed by atoms with van der Waals surface area (Å²) in [5.74, 6) is -1.66. The zero-order valence-electron chi connectivity index (χ0n) is 10.2. The highest BCUT2D eigenvalue weighted by Crippen LogP contribution is 2.21. The minimum atomic E-state index is -4.34. The molecule has 0 aromatic carbocycles. The number of carbonyl (C=O) groups excluding carboxylic acids is 1. The van der Waals surface area contributed by atoms with E-state index in [0.29, 0.717) is 0 Å². The van der Waals surface area contributed by atoms with Crippen LogP contribution in [0.15, 0.2) is 12.2 Å². The van der Waals surface area contributed by atoms with E-state index in [1.165, 1.54) is 19.1 Å². The van der Waals surface area contributed by atoms with Crippen LogP contribution in [0.3, 0.4) is 0 Å². The molecule has 0 radical (unpaired) electrons. The number of rotatable bonds is 4. The first-order valence-electron chi connectivity index (χ1n) is 5.72. The van der Waals surface area contributed by atoms with Crippen molar-refractivity contribution in [3.8, 4) is 0 Å². The van der Waals surface area contributed by atoms with Crippen molar-refractivity contribution in [1.82, 2.24) is 10.6 Å². The van der Waals surface area contributed by atoms with Gasteiger partial charge in [0.2, 0.25) is 0 Å². The standard InChI is InChI=1S/C11H15F3N2O3/c1-6(5-11(12,13)14)15-10(19)16-8-3-2-7(4-8)9(17)18/h2-3,6-8H,4-5H2,1H3,(H,17,18)(H2,15,16,19). The summed E-state index contributed by atoms with van der Waals surface area (Å²) in [6, 6.07) is -2.25. The quantitative estimate of drug-likeness (QED) is 0.685. The molecule has 0 heterocycles. The summed E-state index contributed by atoms with van der Waals surface area (Å²) >= 11 is 0. The first-order chi connectivity index (χ1) is 8.67. The molecule has 3 N–H and O–H groups in total. The van der Waals surface area contributed by atoms with E-state index in [4.69, 9.17) is 5.11 Å². The molecule has 3 unspecified atom stereocenters. The predicted molar refractivity (Wildman–Crippen MR) is 60.5 cm³/mol. The van der Waals surface area contributed by atoms with Gasteiger partial charge in [-0.3, -0.25) is 4.79 Å². The van der Waals surface area contributed by atoms with Gasteiger partial charge in [0.1, 0.15) is 0 Å². The minimum Gasteiger partial charge on any atom is -0.481 e. The van der Waals surface area contributed by atoms with E-state index < -0.39 is 42.6 Å². The van der Waals surface area contributed by atoms with Crippen LogP contribution in [0.2, 0.25) is 0 Å². The fraction of sp³-hybridized carbons (Fsp3) is 0.636. The molecule has 2 amide bonds. The predicted octanol–water partition coefficient (Wildman–Crippen LogP) is 1.66. The van der Waals surface area contributed by atoms with Crippen molar-refractivity contribution in [2.24, 2.45) is 5.92 Å². The second-order valence-electron chi connectivity index (χ2n) is 4.51. The lowest BCUT2D eigenvalue weighted by molar-refractivity contribution is -0.140. The van der Waals surface area contributed by atoms with Crippen LogP contribution in [-0.2, 0) is 4.79 Å². The van der Waals surface area contributed by atoms with Gasteiger partial charge in [-0.05, 0) is 13.3 Å². The number of alkyl halides is 3. The number of halogens is 3. The monoisotopic (exact) mass is 280 g/mol. The number of carboxylic acids is 1. The van der Waals surface area contributed by atoms with Gasteiger partial charge in [-0.2, -0.15) is 13.2 Å². The molecule has 0 aliphatic heterocycles. The number of hydrogen-bond acceptors (Lipinski definition) is 2. The van der Waals surface area contributed by atoms with Crippen molar-refractivity contribution < 1.29 is 27.9 Å². The third-order valence-electron chi connectivity index (χ3n) is 2.63. The van der Waals surface area contributed by atoms with Crippen molar-refractivity contribution in [1.29, 1.82) is 0 Å². The number of amides is 2. The van der Waals surface area contributed by atoms with E-state index in [9.17, 15) is 22.8 Å². The zero-order valence-corrected chi connectivity index (χ0v) is 10.2. The van der Waals surface area contributed by atoms with Gasteiger partial charge in [0, 0.05) is 6.04 Å². The van der Waals surface area contributed by atoms with Crippen molar-refractivity contribution in [2.45, 2.75) is 38.0 Å². The molecule has 0 aromatic heterocycles. The first-order valence-corrected chi connectivity index (χ1v) is 5.72. The Morgan fingerprint density at radius 2 is 2.05 bits per heavy atom. The number of hydrogen-bond donors (Lipinski definition) is 3. The van der Waals surface area contributed by atoms with Gasteiger partial charge in [0.05, 0.1) is 18.4 Å². The van der Waals surface area contributed by atoms with Gasteiger partial charge < -0.3 is 15.7 Å². The van der Waals surface area contributed by atoms with E-state index in [1.54, 1.807) is 0 Å². The summed E-state index contributed by atoms with van der Waals surface area (Å²) in [5, 5.41) is 13.3. The first kappa shape index (κ1) is 15.3. The van der Waals surface area contributed by atoms with E-state index >= 15 is 0 Å². The number of urea groups is 1. The number of carbonyl (C=O) groups is 2. The SMILES string of the molecule is CC(CC(F)(F)F)NC(=O)NC1C=CC(C(=O)O)C1. The molecule has 0 bridgehead atoms. The fourth-order valence-corrected chi connectivity index (χ4v) is 1.82. The Morgan fingerprint density at radius 1 is 1.42 bits per heavy atom. The molecular formula is C11H15F3N2O3. The van der Waals surface area contributed by atoms with Crippen LogP contribution in [-0.4, -0.2) is 35.4 Å². The molecule has 0 fully saturated rings. The molecule has 0 saturated heterocycles. The van der Waals surface area contributed by atoms with E-state index in [-0.39, 0.29) is 6.42 Å². The molecular weight excluding hydrogens is 265 g/mol. The Labute approximate surface area is 107 Å². The maximum absolute atomic E-state index is 12.1. The Bertz CT molecular complexity index is 382. The van der Waals surface area contributed by atoms with E-state index in [2.05, 4.69) is 10.6 Å². The van der Waals surface area contributed by atoms with Crippen LogP contribution in [0.4, 0.5) is 18.0 Å². The maximum Gasteiger partial charge on any atom is 0.391 e. The number of carboxylic acid groups (broad SMARTS) is 1. The van der Waals surface area contributed by atoms with Gasteiger partial charge in [0.25, 0.3) is 0 Å². The molecule has 0 aromatic rings. The van der Waals surface area contributed by atoms with Gasteiger partial charge >= 0.3 is 18.2 Å². The van der Waals surface area contributed by atoms with Crippen molar-refractivity contribution in [2.75, 3.05) is 0 Å². The van der Waals surface area contributed by atoms with Crippen molar-refractivity contribution >= 4 is 12.0 Å². The summed E-state index contributed by atoms with van der Waals surface area (Å²) in [7, 11) is 0. The summed E-state index contributed by atoms with van der Waals surface area (Å²) in [6.07, 6.45) is -2.28. The van der Waals surface area contributed by atoms with Crippen LogP contribution in [0.1, 0.15) is 19.8 Å². The normalized spacial score (nSPS) is 24.0. The van der Waals surface area contributed by atoms with Crippen LogP contribution in [0.25, 0.3) is 0 Å².